The predicted molar refractivity (Wildman–Crippen MR) is 59.1 cm³/mol. The molecule has 0 amide bonds. The third-order valence-electron chi connectivity index (χ3n) is 2.34. The summed E-state index contributed by atoms with van der Waals surface area (Å²) in [6, 6.07) is -0.596. The van der Waals surface area contributed by atoms with Crippen molar-refractivity contribution in [2.45, 2.75) is 45.1 Å². The topological polar surface area (TPSA) is 93.5 Å². The predicted octanol–water partition coefficient (Wildman–Crippen LogP) is 1.77. The van der Waals surface area contributed by atoms with Gasteiger partial charge < -0.3 is 14.2 Å². The lowest BCUT2D eigenvalue weighted by Crippen LogP contribution is -2.31. The molecule has 0 aromatic rings. The summed E-state index contributed by atoms with van der Waals surface area (Å²) in [6.45, 7) is 5.86. The van der Waals surface area contributed by atoms with Gasteiger partial charge in [0, 0.05) is 4.91 Å². The van der Waals surface area contributed by atoms with Crippen LogP contribution in [0.4, 0.5) is 0 Å². The van der Waals surface area contributed by atoms with Crippen LogP contribution in [0.5, 0.6) is 0 Å². The normalized spacial score (nSPS) is 23.8. The molecule has 0 saturated carbocycles. The molecule has 0 aromatic carbocycles. The number of azide groups is 1. The van der Waals surface area contributed by atoms with Gasteiger partial charge in [0.25, 0.3) is 0 Å². The maximum absolute atomic E-state index is 11.3. The average Bonchev–Trinajstić information content (AvgIpc) is 2.58. The van der Waals surface area contributed by atoms with Crippen molar-refractivity contribution in [3.05, 3.63) is 10.4 Å². The SMILES string of the molecule is CCOC(=O)C[C@H](N=[N+]=[N-])[C@H]1COC(C)(C)O1. The Kier molecular flexibility index (Phi) is 4.74. The van der Waals surface area contributed by atoms with Crippen LogP contribution in [0.2, 0.25) is 0 Å². The van der Waals surface area contributed by atoms with E-state index in [1.807, 2.05) is 0 Å². The highest BCUT2D eigenvalue weighted by molar-refractivity contribution is 5.70. The second-order valence-electron chi connectivity index (χ2n) is 4.15. The molecule has 2 atom stereocenters. The van der Waals surface area contributed by atoms with Crippen LogP contribution < -0.4 is 0 Å². The Morgan fingerprint density at radius 3 is 2.88 bits per heavy atom. The highest BCUT2D eigenvalue weighted by Crippen LogP contribution is 2.26. The van der Waals surface area contributed by atoms with Crippen molar-refractivity contribution in [1.82, 2.24) is 0 Å². The number of esters is 1. The molecule has 96 valence electrons. The molecule has 1 rings (SSSR count). The smallest absolute Gasteiger partial charge is 0.306 e. The van der Waals surface area contributed by atoms with Gasteiger partial charge in [-0.25, -0.2) is 0 Å². The van der Waals surface area contributed by atoms with E-state index in [2.05, 4.69) is 10.0 Å². The molecule has 0 unspecified atom stereocenters. The van der Waals surface area contributed by atoms with Crippen molar-refractivity contribution in [2.75, 3.05) is 13.2 Å². The van der Waals surface area contributed by atoms with Crippen LogP contribution in [0.15, 0.2) is 5.11 Å². The second-order valence-corrected chi connectivity index (χ2v) is 4.15. The van der Waals surface area contributed by atoms with Gasteiger partial charge in [-0.05, 0) is 26.3 Å². The molecule has 0 radical (unpaired) electrons. The maximum atomic E-state index is 11.3. The van der Waals surface area contributed by atoms with E-state index in [1.54, 1.807) is 20.8 Å². The molecule has 1 fully saturated rings. The highest BCUT2D eigenvalue weighted by Gasteiger charge is 2.37. The number of rotatable bonds is 5. The molecule has 1 saturated heterocycles. The molecular formula is C10H17N3O4. The Hall–Kier alpha value is -1.30. The minimum atomic E-state index is -0.706. The summed E-state index contributed by atoms with van der Waals surface area (Å²) in [7, 11) is 0. The van der Waals surface area contributed by atoms with Crippen molar-refractivity contribution in [3.8, 4) is 0 Å². The highest BCUT2D eigenvalue weighted by atomic mass is 16.7. The van der Waals surface area contributed by atoms with Crippen LogP contribution in [-0.4, -0.2) is 37.1 Å². The summed E-state index contributed by atoms with van der Waals surface area (Å²) >= 11 is 0. The molecule has 7 nitrogen and oxygen atoms in total. The maximum Gasteiger partial charge on any atom is 0.306 e. The molecule has 0 spiro atoms. The monoisotopic (exact) mass is 243 g/mol. The van der Waals surface area contributed by atoms with Crippen LogP contribution in [-0.2, 0) is 19.0 Å². The zero-order valence-electron chi connectivity index (χ0n) is 10.3. The molecular weight excluding hydrogens is 226 g/mol. The van der Waals surface area contributed by atoms with Gasteiger partial charge >= 0.3 is 5.97 Å². The molecule has 0 N–H and O–H groups in total. The van der Waals surface area contributed by atoms with Crippen molar-refractivity contribution in [1.29, 1.82) is 0 Å². The summed E-state index contributed by atoms with van der Waals surface area (Å²) in [4.78, 5) is 14.1. The standard InChI is InChI=1S/C10H17N3O4/c1-4-15-9(14)5-7(12-13-11)8-6-16-10(2,3)17-8/h7-8H,4-6H2,1-3H3/t7-,8+/m0/s1. The molecule has 0 aliphatic carbocycles. The first-order valence-electron chi connectivity index (χ1n) is 5.50. The van der Waals surface area contributed by atoms with Crippen LogP contribution >= 0.6 is 0 Å². The van der Waals surface area contributed by atoms with Gasteiger partial charge in [0.2, 0.25) is 0 Å². The number of carbonyl (C=O) groups excluding carboxylic acids is 1. The van der Waals surface area contributed by atoms with Gasteiger partial charge in [-0.1, -0.05) is 5.11 Å². The van der Waals surface area contributed by atoms with Crippen molar-refractivity contribution in [3.63, 3.8) is 0 Å². The first-order chi connectivity index (χ1) is 7.98. The van der Waals surface area contributed by atoms with Gasteiger partial charge in [0.15, 0.2) is 5.79 Å². The van der Waals surface area contributed by atoms with E-state index >= 15 is 0 Å². The fraction of sp³-hybridized carbons (Fsp3) is 0.900. The van der Waals surface area contributed by atoms with Gasteiger partial charge in [-0.15, -0.1) is 0 Å². The minimum absolute atomic E-state index is 0.00199. The quantitative estimate of drug-likeness (QED) is 0.318. The van der Waals surface area contributed by atoms with Crippen molar-refractivity contribution in [2.24, 2.45) is 5.11 Å². The Labute approximate surface area is 99.7 Å². The van der Waals surface area contributed by atoms with E-state index in [-0.39, 0.29) is 6.42 Å². The third-order valence-corrected chi connectivity index (χ3v) is 2.34. The van der Waals surface area contributed by atoms with Gasteiger partial charge in [0.05, 0.1) is 31.8 Å². The first kappa shape index (κ1) is 13.8. The van der Waals surface area contributed by atoms with Crippen LogP contribution in [0.25, 0.3) is 10.4 Å². The lowest BCUT2D eigenvalue weighted by atomic mass is 10.1. The zero-order valence-corrected chi connectivity index (χ0v) is 10.3. The lowest BCUT2D eigenvalue weighted by molar-refractivity contribution is -0.149. The third kappa shape index (κ3) is 4.22. The summed E-state index contributed by atoms with van der Waals surface area (Å²) < 4.78 is 15.7. The Morgan fingerprint density at radius 1 is 1.71 bits per heavy atom. The fourth-order valence-corrected chi connectivity index (χ4v) is 1.61. The number of ether oxygens (including phenoxy) is 3. The van der Waals surface area contributed by atoms with E-state index < -0.39 is 23.9 Å². The van der Waals surface area contributed by atoms with Crippen LogP contribution in [0, 0.1) is 0 Å². The first-order valence-corrected chi connectivity index (χ1v) is 5.50. The van der Waals surface area contributed by atoms with E-state index in [9.17, 15) is 4.79 Å². The molecule has 7 heteroatoms. The van der Waals surface area contributed by atoms with Gasteiger partial charge in [-0.2, -0.15) is 0 Å². The van der Waals surface area contributed by atoms with E-state index in [0.29, 0.717) is 13.2 Å². The van der Waals surface area contributed by atoms with Gasteiger partial charge in [0.1, 0.15) is 0 Å². The van der Waals surface area contributed by atoms with E-state index in [4.69, 9.17) is 19.7 Å². The minimum Gasteiger partial charge on any atom is -0.466 e. The van der Waals surface area contributed by atoms with Crippen LogP contribution in [0.1, 0.15) is 27.2 Å². The summed E-state index contributed by atoms with van der Waals surface area (Å²) in [6.07, 6.45) is -0.410. The largest absolute Gasteiger partial charge is 0.466 e. The molecule has 0 aromatic heterocycles. The van der Waals surface area contributed by atoms with Crippen molar-refractivity contribution >= 4 is 5.97 Å². The molecule has 1 aliphatic rings. The van der Waals surface area contributed by atoms with E-state index in [0.717, 1.165) is 0 Å². The van der Waals surface area contributed by atoms with E-state index in [1.165, 1.54) is 0 Å². The Bertz CT molecular complexity index is 326. The number of hydrogen-bond acceptors (Lipinski definition) is 5. The van der Waals surface area contributed by atoms with Gasteiger partial charge in [-0.3, -0.25) is 4.79 Å². The van der Waals surface area contributed by atoms with Crippen LogP contribution in [0.3, 0.4) is 0 Å². The Balaban J connectivity index is 2.61. The molecule has 0 bridgehead atoms. The number of carbonyl (C=O) groups is 1. The fourth-order valence-electron chi connectivity index (χ4n) is 1.61. The second kappa shape index (κ2) is 5.86. The molecule has 17 heavy (non-hydrogen) atoms. The zero-order chi connectivity index (χ0) is 12.9. The summed E-state index contributed by atoms with van der Waals surface area (Å²) in [5, 5.41) is 3.57. The average molecular weight is 243 g/mol. The lowest BCUT2D eigenvalue weighted by Gasteiger charge is -2.20. The summed E-state index contributed by atoms with van der Waals surface area (Å²) in [5.74, 6) is -1.11. The summed E-state index contributed by atoms with van der Waals surface area (Å²) in [5.41, 5.74) is 8.48. The number of nitrogens with zero attached hydrogens (tertiary/aromatic N) is 3. The number of hydrogen-bond donors (Lipinski definition) is 0. The Morgan fingerprint density at radius 2 is 2.41 bits per heavy atom. The molecule has 1 heterocycles. The molecule has 1 aliphatic heterocycles. The van der Waals surface area contributed by atoms with Crippen molar-refractivity contribution < 1.29 is 19.0 Å².